The molecule has 5 heteroatoms. The maximum absolute atomic E-state index is 12.7. The predicted molar refractivity (Wildman–Crippen MR) is 233 cm³/mol. The third-order valence-electron chi connectivity index (χ3n) is 10.1. The first-order valence-corrected chi connectivity index (χ1v) is 23.5. The standard InChI is InChI=1S/C49H90O5/c1-4-7-10-13-16-19-22-24-26-29-32-35-38-41-44-52-45-47(54-49(51)43-40-37-34-31-27-21-18-15-12-9-6-3)46-53-48(50)42-39-36-33-30-28-25-23-20-17-14-11-8-5-2/h11,14-15,18,20,23,47H,4-10,12-13,16-17,19,21-22,24-46H2,1-3H3/b14-11-,18-15-,23-20-. The number of hydrogen-bond acceptors (Lipinski definition) is 5. The molecule has 0 aliphatic heterocycles. The van der Waals surface area contributed by atoms with Gasteiger partial charge in [0.1, 0.15) is 6.61 Å². The van der Waals surface area contributed by atoms with Gasteiger partial charge in [-0.3, -0.25) is 9.59 Å². The normalized spacial score (nSPS) is 12.4. The lowest BCUT2D eigenvalue weighted by atomic mass is 10.0. The molecule has 0 bridgehead atoms. The van der Waals surface area contributed by atoms with E-state index in [2.05, 4.69) is 57.2 Å². The fraction of sp³-hybridized carbons (Fsp3) is 0.837. The lowest BCUT2D eigenvalue weighted by Gasteiger charge is -2.18. The smallest absolute Gasteiger partial charge is 0.306 e. The number of unbranched alkanes of at least 4 members (excludes halogenated alkanes) is 26. The van der Waals surface area contributed by atoms with Gasteiger partial charge in [-0.1, -0.05) is 198 Å². The van der Waals surface area contributed by atoms with Crippen molar-refractivity contribution in [2.45, 2.75) is 245 Å². The third-order valence-corrected chi connectivity index (χ3v) is 10.1. The van der Waals surface area contributed by atoms with Gasteiger partial charge < -0.3 is 14.2 Å². The maximum Gasteiger partial charge on any atom is 0.306 e. The first-order valence-electron chi connectivity index (χ1n) is 23.5. The zero-order valence-electron chi connectivity index (χ0n) is 36.2. The second kappa shape index (κ2) is 45.5. The highest BCUT2D eigenvalue weighted by Gasteiger charge is 2.17. The minimum absolute atomic E-state index is 0.0784. The Labute approximate surface area is 336 Å². The van der Waals surface area contributed by atoms with Gasteiger partial charge in [-0.2, -0.15) is 0 Å². The van der Waals surface area contributed by atoms with Gasteiger partial charge in [0.15, 0.2) is 6.10 Å². The molecule has 0 aromatic heterocycles. The molecule has 0 aromatic rings. The van der Waals surface area contributed by atoms with Gasteiger partial charge in [0.2, 0.25) is 0 Å². The van der Waals surface area contributed by atoms with Gasteiger partial charge in [-0.05, 0) is 64.2 Å². The average molecular weight is 759 g/mol. The molecule has 0 aliphatic rings. The number of esters is 2. The Bertz CT molecular complexity index is 862. The fourth-order valence-electron chi connectivity index (χ4n) is 6.59. The van der Waals surface area contributed by atoms with Crippen LogP contribution in [0.3, 0.4) is 0 Å². The van der Waals surface area contributed by atoms with Crippen LogP contribution >= 0.6 is 0 Å². The van der Waals surface area contributed by atoms with E-state index >= 15 is 0 Å². The van der Waals surface area contributed by atoms with Crippen molar-refractivity contribution in [1.29, 1.82) is 0 Å². The highest BCUT2D eigenvalue weighted by molar-refractivity contribution is 5.70. The molecule has 0 N–H and O–H groups in total. The topological polar surface area (TPSA) is 61.8 Å². The molecule has 0 fully saturated rings. The van der Waals surface area contributed by atoms with Gasteiger partial charge in [0, 0.05) is 19.4 Å². The van der Waals surface area contributed by atoms with Gasteiger partial charge in [0.05, 0.1) is 6.61 Å². The molecule has 0 rings (SSSR count). The Morgan fingerprint density at radius 2 is 0.833 bits per heavy atom. The largest absolute Gasteiger partial charge is 0.462 e. The molecule has 0 saturated heterocycles. The predicted octanol–water partition coefficient (Wildman–Crippen LogP) is 15.4. The summed E-state index contributed by atoms with van der Waals surface area (Å²) in [5.74, 6) is -0.417. The summed E-state index contributed by atoms with van der Waals surface area (Å²) in [6, 6.07) is 0. The van der Waals surface area contributed by atoms with E-state index < -0.39 is 6.10 Å². The quantitative estimate of drug-likeness (QED) is 0.0352. The fourth-order valence-corrected chi connectivity index (χ4v) is 6.59. The van der Waals surface area contributed by atoms with Crippen LogP contribution < -0.4 is 0 Å². The summed E-state index contributed by atoms with van der Waals surface area (Å²) in [4.78, 5) is 25.2. The van der Waals surface area contributed by atoms with Crippen molar-refractivity contribution < 1.29 is 23.8 Å². The summed E-state index contributed by atoms with van der Waals surface area (Å²) >= 11 is 0. The van der Waals surface area contributed by atoms with E-state index in [0.29, 0.717) is 19.4 Å². The number of carbonyl (C=O) groups excluding carboxylic acids is 2. The molecule has 5 nitrogen and oxygen atoms in total. The Morgan fingerprint density at radius 3 is 1.37 bits per heavy atom. The SMILES string of the molecule is CCC/C=C\C/C=C\CCCCCCCC(=O)OCC(COCCCCCCCCCCCCCCCC)OC(=O)CCCCCCC/C=C\CCCC. The van der Waals surface area contributed by atoms with E-state index in [-0.39, 0.29) is 25.2 Å². The molecule has 0 radical (unpaired) electrons. The highest BCUT2D eigenvalue weighted by atomic mass is 16.6. The van der Waals surface area contributed by atoms with Crippen molar-refractivity contribution in [2.24, 2.45) is 0 Å². The summed E-state index contributed by atoms with van der Waals surface area (Å²) < 4.78 is 17.3. The van der Waals surface area contributed by atoms with Crippen LogP contribution in [0.2, 0.25) is 0 Å². The van der Waals surface area contributed by atoms with E-state index in [1.165, 1.54) is 141 Å². The molecule has 0 aliphatic carbocycles. The first kappa shape index (κ1) is 52.1. The number of ether oxygens (including phenoxy) is 3. The Hall–Kier alpha value is -1.88. The van der Waals surface area contributed by atoms with Crippen LogP contribution in [0.5, 0.6) is 0 Å². The maximum atomic E-state index is 12.7. The Balaban J connectivity index is 4.25. The summed E-state index contributed by atoms with van der Waals surface area (Å²) in [5.41, 5.74) is 0. The average Bonchev–Trinajstić information content (AvgIpc) is 3.17. The van der Waals surface area contributed by atoms with Gasteiger partial charge >= 0.3 is 11.9 Å². The van der Waals surface area contributed by atoms with E-state index in [1.54, 1.807) is 0 Å². The molecule has 1 unspecified atom stereocenters. The molecule has 0 spiro atoms. The number of hydrogen-bond donors (Lipinski definition) is 0. The minimum atomic E-state index is -0.539. The van der Waals surface area contributed by atoms with Crippen LogP contribution in [-0.2, 0) is 23.8 Å². The van der Waals surface area contributed by atoms with Crippen molar-refractivity contribution in [3.05, 3.63) is 36.5 Å². The number of rotatable bonds is 43. The minimum Gasteiger partial charge on any atom is -0.462 e. The molecule has 0 aromatic carbocycles. The summed E-state index contributed by atoms with van der Waals surface area (Å²) in [7, 11) is 0. The molecular weight excluding hydrogens is 669 g/mol. The van der Waals surface area contributed by atoms with Gasteiger partial charge in [-0.15, -0.1) is 0 Å². The van der Waals surface area contributed by atoms with E-state index in [9.17, 15) is 9.59 Å². The molecular formula is C49H90O5. The second-order valence-corrected chi connectivity index (χ2v) is 15.7. The molecule has 0 amide bonds. The lowest BCUT2D eigenvalue weighted by molar-refractivity contribution is -0.163. The Morgan fingerprint density at radius 1 is 0.407 bits per heavy atom. The van der Waals surface area contributed by atoms with Crippen molar-refractivity contribution in [1.82, 2.24) is 0 Å². The lowest BCUT2D eigenvalue weighted by Crippen LogP contribution is -2.30. The first-order chi connectivity index (χ1) is 26.6. The van der Waals surface area contributed by atoms with Crippen LogP contribution in [0, 0.1) is 0 Å². The van der Waals surface area contributed by atoms with Crippen molar-refractivity contribution in [3.8, 4) is 0 Å². The van der Waals surface area contributed by atoms with Crippen LogP contribution in [0.1, 0.15) is 239 Å². The van der Waals surface area contributed by atoms with Crippen molar-refractivity contribution in [2.75, 3.05) is 19.8 Å². The molecule has 0 heterocycles. The van der Waals surface area contributed by atoms with Crippen molar-refractivity contribution >= 4 is 11.9 Å². The summed E-state index contributed by atoms with van der Waals surface area (Å²) in [6.07, 6.45) is 52.8. The van der Waals surface area contributed by atoms with Crippen LogP contribution in [-0.4, -0.2) is 37.9 Å². The number of allylic oxidation sites excluding steroid dienone is 6. The zero-order valence-corrected chi connectivity index (χ0v) is 36.2. The van der Waals surface area contributed by atoms with E-state index in [4.69, 9.17) is 14.2 Å². The molecule has 1 atom stereocenters. The van der Waals surface area contributed by atoms with Crippen LogP contribution in [0.4, 0.5) is 0 Å². The monoisotopic (exact) mass is 759 g/mol. The summed E-state index contributed by atoms with van der Waals surface area (Å²) in [6.45, 7) is 7.73. The molecule has 0 saturated carbocycles. The van der Waals surface area contributed by atoms with Crippen LogP contribution in [0.25, 0.3) is 0 Å². The summed E-state index contributed by atoms with van der Waals surface area (Å²) in [5, 5.41) is 0. The zero-order chi connectivity index (χ0) is 39.3. The van der Waals surface area contributed by atoms with Crippen LogP contribution in [0.15, 0.2) is 36.5 Å². The van der Waals surface area contributed by atoms with Gasteiger partial charge in [-0.25, -0.2) is 0 Å². The molecule has 54 heavy (non-hydrogen) atoms. The van der Waals surface area contributed by atoms with Gasteiger partial charge in [0.25, 0.3) is 0 Å². The van der Waals surface area contributed by atoms with E-state index in [1.807, 2.05) is 0 Å². The molecule has 316 valence electrons. The van der Waals surface area contributed by atoms with E-state index in [0.717, 1.165) is 64.2 Å². The highest BCUT2D eigenvalue weighted by Crippen LogP contribution is 2.14. The number of carbonyl (C=O) groups is 2. The Kier molecular flexibility index (Phi) is 43.9. The third kappa shape index (κ3) is 42.9. The second-order valence-electron chi connectivity index (χ2n) is 15.7. The van der Waals surface area contributed by atoms with Crippen molar-refractivity contribution in [3.63, 3.8) is 0 Å².